The first-order chi connectivity index (χ1) is 7.27. The highest BCUT2D eigenvalue weighted by atomic mass is 19.1. The van der Waals surface area contributed by atoms with E-state index in [4.69, 9.17) is 0 Å². The molecule has 0 aromatic carbocycles. The summed E-state index contributed by atoms with van der Waals surface area (Å²) in [6, 6.07) is 0. The molecule has 1 heteroatoms. The number of halogens is 1. The van der Waals surface area contributed by atoms with Crippen LogP contribution in [-0.4, -0.2) is 0 Å². The van der Waals surface area contributed by atoms with Crippen molar-refractivity contribution in [1.29, 1.82) is 0 Å². The summed E-state index contributed by atoms with van der Waals surface area (Å²) in [5, 5.41) is 0. The molecule has 80 valence electrons. The highest BCUT2D eigenvalue weighted by Crippen LogP contribution is 2.33. The van der Waals surface area contributed by atoms with Crippen molar-refractivity contribution in [3.05, 3.63) is 41.6 Å². The van der Waals surface area contributed by atoms with E-state index in [0.717, 1.165) is 5.57 Å². The molecule has 0 bridgehead atoms. The normalized spacial score (nSPS) is 25.9. The molecule has 2 aliphatic carbocycles. The van der Waals surface area contributed by atoms with Gasteiger partial charge in [-0.15, -0.1) is 0 Å². The van der Waals surface area contributed by atoms with Crippen molar-refractivity contribution in [1.82, 2.24) is 0 Å². The maximum atomic E-state index is 13.1. The standard InChI is InChI=1S/C14H18F/c1-11(12-6-3-2-4-7-12)13-8-5-9-14(15)10-13/h5,8-10,12H,2-4,6-7H2,1H3/q+1/b13-11-. The SMILES string of the molecule is C/C(=C1/C=C(F)C=C[CH+]1)C1CCCCC1. The third kappa shape index (κ3) is 2.53. The van der Waals surface area contributed by atoms with Crippen molar-refractivity contribution in [3.63, 3.8) is 0 Å². The van der Waals surface area contributed by atoms with Crippen LogP contribution in [0.3, 0.4) is 0 Å². The Hall–Kier alpha value is -0.980. The summed E-state index contributed by atoms with van der Waals surface area (Å²) in [6.45, 7) is 2.16. The summed E-state index contributed by atoms with van der Waals surface area (Å²) in [5.41, 5.74) is 2.45. The highest BCUT2D eigenvalue weighted by Gasteiger charge is 2.22. The fourth-order valence-corrected chi connectivity index (χ4v) is 2.51. The van der Waals surface area contributed by atoms with Crippen molar-refractivity contribution >= 4 is 0 Å². The lowest BCUT2D eigenvalue weighted by Gasteiger charge is -2.21. The Morgan fingerprint density at radius 2 is 2.07 bits per heavy atom. The van der Waals surface area contributed by atoms with Gasteiger partial charge in [0.25, 0.3) is 0 Å². The molecular formula is C14H18F+. The zero-order valence-electron chi connectivity index (χ0n) is 9.30. The molecule has 0 radical (unpaired) electrons. The van der Waals surface area contributed by atoms with E-state index in [2.05, 4.69) is 6.92 Å². The average molecular weight is 205 g/mol. The van der Waals surface area contributed by atoms with Gasteiger partial charge in [0.2, 0.25) is 5.83 Å². The van der Waals surface area contributed by atoms with Crippen LogP contribution in [0.2, 0.25) is 0 Å². The molecule has 0 aromatic heterocycles. The molecule has 0 heterocycles. The average Bonchev–Trinajstić information content (AvgIpc) is 2.29. The zero-order valence-corrected chi connectivity index (χ0v) is 9.30. The fourth-order valence-electron chi connectivity index (χ4n) is 2.51. The van der Waals surface area contributed by atoms with Gasteiger partial charge in [-0.2, -0.15) is 4.39 Å². The van der Waals surface area contributed by atoms with Gasteiger partial charge >= 0.3 is 0 Å². The summed E-state index contributed by atoms with van der Waals surface area (Å²) < 4.78 is 13.1. The lowest BCUT2D eigenvalue weighted by molar-refractivity contribution is 0.401. The molecule has 0 saturated heterocycles. The van der Waals surface area contributed by atoms with Crippen molar-refractivity contribution < 1.29 is 4.39 Å². The third-order valence-corrected chi connectivity index (χ3v) is 3.50. The maximum absolute atomic E-state index is 13.1. The van der Waals surface area contributed by atoms with Crippen LogP contribution in [0.15, 0.2) is 35.2 Å². The molecule has 2 aliphatic rings. The minimum absolute atomic E-state index is 0.123. The van der Waals surface area contributed by atoms with Gasteiger partial charge in [-0.25, -0.2) is 0 Å². The molecule has 2 rings (SSSR count). The number of rotatable bonds is 1. The van der Waals surface area contributed by atoms with E-state index in [1.807, 2.05) is 6.42 Å². The summed E-state index contributed by atoms with van der Waals surface area (Å²) >= 11 is 0. The molecule has 0 aliphatic heterocycles. The van der Waals surface area contributed by atoms with E-state index in [1.54, 1.807) is 12.2 Å². The van der Waals surface area contributed by atoms with E-state index in [0.29, 0.717) is 5.92 Å². The van der Waals surface area contributed by atoms with Gasteiger partial charge in [-0.3, -0.25) is 0 Å². The van der Waals surface area contributed by atoms with Crippen LogP contribution in [0.4, 0.5) is 4.39 Å². The Morgan fingerprint density at radius 3 is 2.73 bits per heavy atom. The maximum Gasteiger partial charge on any atom is 0.205 e. The Labute approximate surface area is 91.6 Å². The fraction of sp³-hybridized carbons (Fsp3) is 0.500. The molecule has 0 atom stereocenters. The Bertz CT molecular complexity index is 314. The summed E-state index contributed by atoms with van der Waals surface area (Å²) in [7, 11) is 0. The molecule has 0 aromatic rings. The summed E-state index contributed by atoms with van der Waals surface area (Å²) in [4.78, 5) is 0. The van der Waals surface area contributed by atoms with Crippen molar-refractivity contribution in [3.8, 4) is 0 Å². The van der Waals surface area contributed by atoms with Crippen LogP contribution in [0.5, 0.6) is 0 Å². The smallest absolute Gasteiger partial charge is 0.183 e. The minimum atomic E-state index is -0.123. The van der Waals surface area contributed by atoms with E-state index >= 15 is 0 Å². The van der Waals surface area contributed by atoms with Gasteiger partial charge in [-0.1, -0.05) is 19.3 Å². The van der Waals surface area contributed by atoms with Crippen LogP contribution < -0.4 is 0 Å². The van der Waals surface area contributed by atoms with Gasteiger partial charge in [0.15, 0.2) is 0 Å². The Kier molecular flexibility index (Phi) is 3.30. The van der Waals surface area contributed by atoms with Crippen LogP contribution in [0.1, 0.15) is 39.0 Å². The Morgan fingerprint density at radius 1 is 1.33 bits per heavy atom. The molecule has 15 heavy (non-hydrogen) atoms. The first kappa shape index (κ1) is 10.5. The van der Waals surface area contributed by atoms with E-state index < -0.39 is 0 Å². The van der Waals surface area contributed by atoms with Gasteiger partial charge < -0.3 is 0 Å². The van der Waals surface area contributed by atoms with Crippen molar-refractivity contribution in [2.24, 2.45) is 5.92 Å². The zero-order chi connectivity index (χ0) is 10.7. The van der Waals surface area contributed by atoms with Crippen molar-refractivity contribution in [2.75, 3.05) is 0 Å². The second kappa shape index (κ2) is 4.69. The van der Waals surface area contributed by atoms with Crippen LogP contribution in [-0.2, 0) is 0 Å². The van der Waals surface area contributed by atoms with E-state index in [9.17, 15) is 4.39 Å². The lowest BCUT2D eigenvalue weighted by Crippen LogP contribution is -2.09. The predicted molar refractivity (Wildman–Crippen MR) is 61.9 cm³/mol. The number of hydrogen-bond donors (Lipinski definition) is 0. The van der Waals surface area contributed by atoms with Crippen LogP contribution >= 0.6 is 0 Å². The first-order valence-corrected chi connectivity index (χ1v) is 5.87. The molecule has 1 saturated carbocycles. The van der Waals surface area contributed by atoms with Gasteiger partial charge in [0.05, 0.1) is 17.7 Å². The van der Waals surface area contributed by atoms with E-state index in [-0.39, 0.29) is 5.83 Å². The monoisotopic (exact) mass is 205 g/mol. The van der Waals surface area contributed by atoms with Gasteiger partial charge in [0, 0.05) is 24.0 Å². The Balaban J connectivity index is 2.13. The van der Waals surface area contributed by atoms with E-state index in [1.165, 1.54) is 43.8 Å². The second-order valence-corrected chi connectivity index (χ2v) is 4.53. The molecule has 0 unspecified atom stereocenters. The quantitative estimate of drug-likeness (QED) is 0.552. The van der Waals surface area contributed by atoms with Crippen molar-refractivity contribution in [2.45, 2.75) is 39.0 Å². The molecule has 0 N–H and O–H groups in total. The molecule has 0 spiro atoms. The first-order valence-electron chi connectivity index (χ1n) is 5.87. The summed E-state index contributed by atoms with van der Waals surface area (Å²) in [5.74, 6) is 0.559. The molecule has 0 nitrogen and oxygen atoms in total. The molecule has 0 amide bonds. The third-order valence-electron chi connectivity index (χ3n) is 3.50. The molecular weight excluding hydrogens is 187 g/mol. The summed E-state index contributed by atoms with van der Waals surface area (Å²) in [6.07, 6.45) is 13.6. The van der Waals surface area contributed by atoms with Gasteiger partial charge in [0.1, 0.15) is 0 Å². The van der Waals surface area contributed by atoms with Crippen LogP contribution in [0.25, 0.3) is 0 Å². The minimum Gasteiger partial charge on any atom is -0.183 e. The lowest BCUT2D eigenvalue weighted by atomic mass is 9.81. The second-order valence-electron chi connectivity index (χ2n) is 4.53. The largest absolute Gasteiger partial charge is 0.205 e. The predicted octanol–water partition coefficient (Wildman–Crippen LogP) is 4.51. The topological polar surface area (TPSA) is 0 Å². The molecule has 1 fully saturated rings. The number of hydrogen-bond acceptors (Lipinski definition) is 0. The van der Waals surface area contributed by atoms with Crippen LogP contribution in [0, 0.1) is 12.3 Å². The van der Waals surface area contributed by atoms with Gasteiger partial charge in [-0.05, 0) is 19.8 Å². The highest BCUT2D eigenvalue weighted by molar-refractivity contribution is 5.44. The number of allylic oxidation sites excluding steroid dienone is 6.